The number of allylic oxidation sites excluding steroid dienone is 2. The molecule has 3 atom stereocenters. The van der Waals surface area contributed by atoms with Crippen LogP contribution in [0.15, 0.2) is 42.5 Å². The van der Waals surface area contributed by atoms with E-state index in [0.29, 0.717) is 0 Å². The van der Waals surface area contributed by atoms with Crippen LogP contribution in [0.5, 0.6) is 0 Å². The Hall–Kier alpha value is -1.08. The van der Waals surface area contributed by atoms with Gasteiger partial charge in [0.2, 0.25) is 0 Å². The van der Waals surface area contributed by atoms with E-state index in [4.69, 9.17) is 0 Å². The maximum Gasteiger partial charge on any atom is 0.0205 e. The summed E-state index contributed by atoms with van der Waals surface area (Å²) in [4.78, 5) is 0. The SMILES string of the molecule is C1=CC2CCC1CC2CNCc1ccccc1. The van der Waals surface area contributed by atoms with Gasteiger partial charge in [-0.15, -0.1) is 0 Å². The molecule has 1 aromatic rings. The summed E-state index contributed by atoms with van der Waals surface area (Å²) in [6.07, 6.45) is 9.16. The van der Waals surface area contributed by atoms with Crippen molar-refractivity contribution < 1.29 is 0 Å². The Kier molecular flexibility index (Phi) is 3.28. The van der Waals surface area contributed by atoms with E-state index in [1.807, 2.05) is 0 Å². The average molecular weight is 227 g/mol. The first-order valence-corrected chi connectivity index (χ1v) is 6.85. The van der Waals surface area contributed by atoms with Crippen molar-refractivity contribution in [2.45, 2.75) is 25.8 Å². The van der Waals surface area contributed by atoms with Gasteiger partial charge < -0.3 is 5.32 Å². The Morgan fingerprint density at radius 1 is 1.06 bits per heavy atom. The summed E-state index contributed by atoms with van der Waals surface area (Å²) in [5.41, 5.74) is 1.39. The summed E-state index contributed by atoms with van der Waals surface area (Å²) in [5, 5.41) is 3.62. The maximum atomic E-state index is 3.62. The summed E-state index contributed by atoms with van der Waals surface area (Å²) >= 11 is 0. The zero-order valence-corrected chi connectivity index (χ0v) is 10.3. The second-order valence-corrected chi connectivity index (χ2v) is 5.50. The molecule has 1 saturated carbocycles. The van der Waals surface area contributed by atoms with Crippen LogP contribution in [0.3, 0.4) is 0 Å². The van der Waals surface area contributed by atoms with Gasteiger partial charge in [-0.2, -0.15) is 0 Å². The van der Waals surface area contributed by atoms with Gasteiger partial charge >= 0.3 is 0 Å². The highest BCUT2D eigenvalue weighted by Gasteiger charge is 2.31. The Morgan fingerprint density at radius 3 is 2.59 bits per heavy atom. The largest absolute Gasteiger partial charge is 0.312 e. The molecule has 2 bridgehead atoms. The number of rotatable bonds is 4. The summed E-state index contributed by atoms with van der Waals surface area (Å²) < 4.78 is 0. The fraction of sp³-hybridized carbons (Fsp3) is 0.500. The van der Waals surface area contributed by atoms with E-state index in [0.717, 1.165) is 24.3 Å². The van der Waals surface area contributed by atoms with Crippen LogP contribution >= 0.6 is 0 Å². The minimum Gasteiger partial charge on any atom is -0.312 e. The third kappa shape index (κ3) is 2.61. The Bertz CT molecular complexity index is 382. The zero-order chi connectivity index (χ0) is 11.5. The molecule has 0 saturated heterocycles. The molecular weight excluding hydrogens is 206 g/mol. The van der Waals surface area contributed by atoms with E-state index in [2.05, 4.69) is 47.8 Å². The van der Waals surface area contributed by atoms with Gasteiger partial charge in [-0.3, -0.25) is 0 Å². The fourth-order valence-corrected chi connectivity index (χ4v) is 3.28. The third-order valence-corrected chi connectivity index (χ3v) is 4.29. The van der Waals surface area contributed by atoms with Crippen LogP contribution in [0.1, 0.15) is 24.8 Å². The molecule has 0 aliphatic heterocycles. The minimum absolute atomic E-state index is 0.850. The van der Waals surface area contributed by atoms with Gasteiger partial charge in [0.05, 0.1) is 0 Å². The number of hydrogen-bond acceptors (Lipinski definition) is 1. The normalized spacial score (nSPS) is 30.7. The lowest BCUT2D eigenvalue weighted by molar-refractivity contribution is 0.215. The fourth-order valence-electron chi connectivity index (χ4n) is 3.28. The maximum absolute atomic E-state index is 3.62. The monoisotopic (exact) mass is 227 g/mol. The zero-order valence-electron chi connectivity index (χ0n) is 10.3. The van der Waals surface area contributed by atoms with E-state index in [-0.39, 0.29) is 0 Å². The highest BCUT2D eigenvalue weighted by Crippen LogP contribution is 2.39. The van der Waals surface area contributed by atoms with Gasteiger partial charge in [0.15, 0.2) is 0 Å². The van der Waals surface area contributed by atoms with Crippen molar-refractivity contribution in [2.24, 2.45) is 17.8 Å². The van der Waals surface area contributed by atoms with Crippen molar-refractivity contribution in [3.63, 3.8) is 0 Å². The molecule has 1 nitrogen and oxygen atoms in total. The lowest BCUT2D eigenvalue weighted by Gasteiger charge is -2.38. The highest BCUT2D eigenvalue weighted by molar-refractivity contribution is 5.14. The van der Waals surface area contributed by atoms with E-state index in [1.54, 1.807) is 0 Å². The van der Waals surface area contributed by atoms with Crippen LogP contribution in [0.25, 0.3) is 0 Å². The van der Waals surface area contributed by atoms with E-state index >= 15 is 0 Å². The lowest BCUT2D eigenvalue weighted by atomic mass is 9.69. The topological polar surface area (TPSA) is 12.0 Å². The van der Waals surface area contributed by atoms with Crippen LogP contribution in [-0.4, -0.2) is 6.54 Å². The molecule has 90 valence electrons. The molecule has 0 radical (unpaired) electrons. The summed E-state index contributed by atoms with van der Waals surface area (Å²) in [6, 6.07) is 10.7. The molecule has 0 heterocycles. The van der Waals surface area contributed by atoms with E-state index < -0.39 is 0 Å². The predicted octanol–water partition coefficient (Wildman–Crippen LogP) is 3.38. The first-order chi connectivity index (χ1) is 8.42. The molecule has 3 aliphatic carbocycles. The summed E-state index contributed by atoms with van der Waals surface area (Å²) in [7, 11) is 0. The standard InChI is InChI=1S/C16H21N/c1-2-4-14(5-3-1)11-17-12-16-10-13-6-8-15(16)9-7-13/h1-6,8,13,15-17H,7,9-12H2. The molecule has 1 N–H and O–H groups in total. The Balaban J connectivity index is 1.48. The van der Waals surface area contributed by atoms with E-state index in [1.165, 1.54) is 31.4 Å². The number of fused-ring (bicyclic) bond motifs is 2. The van der Waals surface area contributed by atoms with Crippen LogP contribution < -0.4 is 5.32 Å². The molecule has 4 rings (SSSR count). The highest BCUT2D eigenvalue weighted by atomic mass is 14.9. The van der Waals surface area contributed by atoms with Gasteiger partial charge in [-0.05, 0) is 49.1 Å². The van der Waals surface area contributed by atoms with Crippen LogP contribution in [0.2, 0.25) is 0 Å². The minimum atomic E-state index is 0.850. The molecule has 1 aromatic carbocycles. The quantitative estimate of drug-likeness (QED) is 0.778. The van der Waals surface area contributed by atoms with Gasteiger partial charge in [-0.1, -0.05) is 42.5 Å². The summed E-state index contributed by atoms with van der Waals surface area (Å²) in [6.45, 7) is 2.19. The van der Waals surface area contributed by atoms with Crippen molar-refractivity contribution in [1.82, 2.24) is 5.32 Å². The van der Waals surface area contributed by atoms with Gasteiger partial charge in [-0.25, -0.2) is 0 Å². The van der Waals surface area contributed by atoms with Crippen molar-refractivity contribution in [1.29, 1.82) is 0 Å². The van der Waals surface area contributed by atoms with Gasteiger partial charge in [0.25, 0.3) is 0 Å². The average Bonchev–Trinajstić information content (AvgIpc) is 2.41. The number of hydrogen-bond donors (Lipinski definition) is 1. The van der Waals surface area contributed by atoms with Crippen LogP contribution in [0.4, 0.5) is 0 Å². The molecule has 17 heavy (non-hydrogen) atoms. The molecule has 3 unspecified atom stereocenters. The predicted molar refractivity (Wildman–Crippen MR) is 71.6 cm³/mol. The molecule has 1 heteroatoms. The van der Waals surface area contributed by atoms with E-state index in [9.17, 15) is 0 Å². The van der Waals surface area contributed by atoms with Crippen LogP contribution in [0, 0.1) is 17.8 Å². The van der Waals surface area contributed by atoms with Crippen molar-refractivity contribution >= 4 is 0 Å². The Labute approximate surface area is 104 Å². The molecule has 3 aliphatic rings. The van der Waals surface area contributed by atoms with Crippen molar-refractivity contribution in [3.8, 4) is 0 Å². The smallest absolute Gasteiger partial charge is 0.0205 e. The number of benzene rings is 1. The lowest BCUT2D eigenvalue weighted by Crippen LogP contribution is -2.34. The van der Waals surface area contributed by atoms with Crippen molar-refractivity contribution in [2.75, 3.05) is 6.54 Å². The molecule has 0 aromatic heterocycles. The third-order valence-electron chi connectivity index (χ3n) is 4.29. The second kappa shape index (κ2) is 5.05. The number of nitrogens with one attached hydrogen (secondary N) is 1. The van der Waals surface area contributed by atoms with Crippen LogP contribution in [-0.2, 0) is 6.54 Å². The summed E-state index contributed by atoms with van der Waals surface area (Å²) in [5.74, 6) is 2.61. The second-order valence-electron chi connectivity index (χ2n) is 5.50. The Morgan fingerprint density at radius 2 is 1.94 bits per heavy atom. The van der Waals surface area contributed by atoms with Crippen molar-refractivity contribution in [3.05, 3.63) is 48.0 Å². The molecule has 1 fully saturated rings. The first kappa shape index (κ1) is 11.0. The first-order valence-electron chi connectivity index (χ1n) is 6.85. The molecular formula is C16H21N. The van der Waals surface area contributed by atoms with Gasteiger partial charge in [0, 0.05) is 6.54 Å². The van der Waals surface area contributed by atoms with Gasteiger partial charge in [0.1, 0.15) is 0 Å². The molecule has 0 amide bonds. The molecule has 0 spiro atoms.